The average molecular weight is 786 g/mol. The number of ether oxygens (including phenoxy) is 3. The molecule has 5 atom stereocenters. The normalized spacial score (nSPS) is 19.5. The van der Waals surface area contributed by atoms with E-state index in [0.29, 0.717) is 31.1 Å². The predicted molar refractivity (Wildman–Crippen MR) is 207 cm³/mol. The monoisotopic (exact) mass is 785 g/mol. The first kappa shape index (κ1) is 51.1. The summed E-state index contributed by atoms with van der Waals surface area (Å²) < 4.78 is 16.6. The highest BCUT2D eigenvalue weighted by Gasteiger charge is 2.48. The Kier molecular flexibility index (Phi) is 27.4. The third-order valence-electron chi connectivity index (χ3n) is 9.06. The fourth-order valence-electron chi connectivity index (χ4n) is 4.71. The van der Waals surface area contributed by atoms with E-state index in [2.05, 4.69) is 68.4 Å². The summed E-state index contributed by atoms with van der Waals surface area (Å²) in [5.41, 5.74) is 6.65. The van der Waals surface area contributed by atoms with Crippen LogP contribution in [0.25, 0.3) is 0 Å². The maximum Gasteiger partial charge on any atom is 0.335 e. The molecule has 316 valence electrons. The summed E-state index contributed by atoms with van der Waals surface area (Å²) in [5, 5.41) is 52.0. The zero-order chi connectivity index (χ0) is 41.8. The molecule has 55 heavy (non-hydrogen) atoms. The molecule has 0 aromatic heterocycles. The van der Waals surface area contributed by atoms with Crippen LogP contribution in [0.15, 0.2) is 23.4 Å². The molecule has 17 nitrogen and oxygen atoms in total. The Morgan fingerprint density at radius 3 is 2.31 bits per heavy atom. The van der Waals surface area contributed by atoms with Crippen LogP contribution in [0.3, 0.4) is 0 Å². The number of rotatable bonds is 24. The number of carbonyl (C=O) groups excluding carboxylic acids is 3. The van der Waals surface area contributed by atoms with Crippen molar-refractivity contribution >= 4 is 30.4 Å². The number of oxime groups is 1. The van der Waals surface area contributed by atoms with Crippen molar-refractivity contribution in [3.05, 3.63) is 29.3 Å². The highest BCUT2D eigenvalue weighted by atomic mass is 16.7. The van der Waals surface area contributed by atoms with Gasteiger partial charge < -0.3 is 61.2 Å². The van der Waals surface area contributed by atoms with Crippen LogP contribution >= 0.6 is 0 Å². The topological polar surface area (TPSA) is 261 Å². The minimum atomic E-state index is -1.84. The molecule has 9 N–H and O–H groups in total. The Labute approximate surface area is 325 Å². The van der Waals surface area contributed by atoms with Crippen LogP contribution in [0, 0.1) is 11.3 Å². The number of aliphatic hydroxyl groups is 3. The number of nitrogens with two attached hydrogens (primary N) is 1. The van der Waals surface area contributed by atoms with Crippen LogP contribution in [0.1, 0.15) is 98.1 Å². The SMILES string of the molecule is CCCCCCO/N=C(/C)C(C)(C)C(C)C.CCNCCCOCc1ccc(OC2OC(C(=O)O)C(O)C(O)C2O)c(CNC(=O)CCNC=O)c1.NC=O. The molecule has 1 fully saturated rings. The third kappa shape index (κ3) is 20.6. The number of aliphatic carboxylic acids is 1. The Morgan fingerprint density at radius 2 is 1.71 bits per heavy atom. The summed E-state index contributed by atoms with van der Waals surface area (Å²) >= 11 is 0. The predicted octanol–water partition coefficient (Wildman–Crippen LogP) is 1.97. The molecule has 1 aliphatic rings. The van der Waals surface area contributed by atoms with Crippen molar-refractivity contribution in [2.75, 3.05) is 32.8 Å². The minimum Gasteiger partial charge on any atom is -0.479 e. The van der Waals surface area contributed by atoms with Crippen molar-refractivity contribution in [3.63, 3.8) is 0 Å². The van der Waals surface area contributed by atoms with Gasteiger partial charge in [-0.15, -0.1) is 0 Å². The zero-order valence-corrected chi connectivity index (χ0v) is 33.6. The Bertz CT molecular complexity index is 1270. The molecule has 5 unspecified atom stereocenters. The van der Waals surface area contributed by atoms with E-state index < -0.39 is 36.7 Å². The molecular formula is C38H67N5O12. The number of carboxylic acid groups (broad SMARTS) is 1. The molecule has 2 rings (SSSR count). The van der Waals surface area contributed by atoms with Crippen molar-refractivity contribution < 1.29 is 58.7 Å². The van der Waals surface area contributed by atoms with Gasteiger partial charge in [-0.2, -0.15) is 0 Å². The summed E-state index contributed by atoms with van der Waals surface area (Å²) in [6, 6.07) is 4.98. The number of aliphatic hydroxyl groups excluding tert-OH is 3. The van der Waals surface area contributed by atoms with Gasteiger partial charge in [0.1, 0.15) is 30.7 Å². The van der Waals surface area contributed by atoms with Crippen LogP contribution in [0.2, 0.25) is 0 Å². The Hall–Kier alpha value is -3.87. The van der Waals surface area contributed by atoms with Crippen LogP contribution in [-0.2, 0) is 46.6 Å². The lowest BCUT2D eigenvalue weighted by atomic mass is 9.77. The Balaban J connectivity index is 0.00000128. The number of carboxylic acids is 1. The van der Waals surface area contributed by atoms with Gasteiger partial charge in [0, 0.05) is 37.1 Å². The first-order chi connectivity index (χ1) is 26.1. The number of amides is 3. The lowest BCUT2D eigenvalue weighted by molar-refractivity contribution is -0.271. The molecule has 0 bridgehead atoms. The van der Waals surface area contributed by atoms with Crippen LogP contribution < -0.4 is 26.4 Å². The van der Waals surface area contributed by atoms with Crippen LogP contribution in [-0.4, -0.2) is 114 Å². The lowest BCUT2D eigenvalue weighted by Gasteiger charge is -2.38. The van der Waals surface area contributed by atoms with Gasteiger partial charge in [-0.25, -0.2) is 4.79 Å². The van der Waals surface area contributed by atoms with Crippen molar-refractivity contribution in [2.45, 2.75) is 131 Å². The summed E-state index contributed by atoms with van der Waals surface area (Å²) in [7, 11) is 0. The maximum absolute atomic E-state index is 12.1. The lowest BCUT2D eigenvalue weighted by Crippen LogP contribution is -2.61. The number of carbonyl (C=O) groups is 4. The molecule has 0 saturated carbocycles. The third-order valence-corrected chi connectivity index (χ3v) is 9.06. The number of benzene rings is 1. The highest BCUT2D eigenvalue weighted by Crippen LogP contribution is 2.29. The van der Waals surface area contributed by atoms with Gasteiger partial charge in [-0.05, 0) is 62.9 Å². The van der Waals surface area contributed by atoms with Crippen LogP contribution in [0.4, 0.5) is 0 Å². The smallest absolute Gasteiger partial charge is 0.335 e. The van der Waals surface area contributed by atoms with E-state index >= 15 is 0 Å². The van der Waals surface area contributed by atoms with Crippen molar-refractivity contribution in [3.8, 4) is 5.75 Å². The molecule has 1 aromatic rings. The second-order valence-electron chi connectivity index (χ2n) is 13.7. The number of nitrogens with zero attached hydrogens (tertiary/aromatic N) is 1. The van der Waals surface area contributed by atoms with E-state index in [0.717, 1.165) is 43.8 Å². The van der Waals surface area contributed by atoms with Gasteiger partial charge in [0.15, 0.2) is 6.10 Å². The van der Waals surface area contributed by atoms with E-state index in [4.69, 9.17) is 23.8 Å². The summed E-state index contributed by atoms with van der Waals surface area (Å²) in [5.74, 6) is -1.12. The van der Waals surface area contributed by atoms with Gasteiger partial charge in [-0.3, -0.25) is 14.4 Å². The summed E-state index contributed by atoms with van der Waals surface area (Å²) in [4.78, 5) is 47.8. The quantitative estimate of drug-likeness (QED) is 0.0323. The Morgan fingerprint density at radius 1 is 1.02 bits per heavy atom. The van der Waals surface area contributed by atoms with Gasteiger partial charge in [0.05, 0.1) is 12.3 Å². The number of hydrogen-bond acceptors (Lipinski definition) is 13. The second-order valence-corrected chi connectivity index (χ2v) is 13.7. The molecule has 1 saturated heterocycles. The van der Waals surface area contributed by atoms with E-state index in [9.17, 15) is 34.8 Å². The molecule has 0 aliphatic carbocycles. The van der Waals surface area contributed by atoms with Crippen molar-refractivity contribution in [2.24, 2.45) is 22.2 Å². The molecular weight excluding hydrogens is 718 g/mol. The zero-order valence-electron chi connectivity index (χ0n) is 33.6. The summed E-state index contributed by atoms with van der Waals surface area (Å²) in [6.45, 7) is 18.7. The van der Waals surface area contributed by atoms with Gasteiger partial charge in [-0.1, -0.05) is 65.6 Å². The molecule has 3 amide bonds. The highest BCUT2D eigenvalue weighted by molar-refractivity contribution is 5.87. The maximum atomic E-state index is 12.1. The van der Waals surface area contributed by atoms with Crippen molar-refractivity contribution in [1.29, 1.82) is 0 Å². The number of hydrogen-bond donors (Lipinski definition) is 8. The van der Waals surface area contributed by atoms with E-state index in [1.54, 1.807) is 18.2 Å². The molecule has 17 heteroatoms. The fourth-order valence-corrected chi connectivity index (χ4v) is 4.71. The standard InChI is InChI=1S/C23H35N3O10.C14H29NO.CH3NO/c1-2-24-7-3-9-34-12-14-4-5-16(15(10-14)11-26-17(28)6-8-25-13-27)35-23-20(31)18(29)19(30)21(36-23)22(32)33;1-7-8-9-10-11-16-15-13(4)14(5,6)12(2)3;2-1-3/h4-5,10,13,18-21,23-24,29-31H,2-3,6-9,11-12H2,1H3,(H,25,27)(H,26,28)(H,32,33);12H,7-11H2,1-6H3;1H,(H2,2,3)/b;15-13-;. The van der Waals surface area contributed by atoms with E-state index in [1.165, 1.54) is 19.3 Å². The molecule has 1 aromatic carbocycles. The number of nitrogens with one attached hydrogen (secondary N) is 3. The average Bonchev–Trinajstić information content (AvgIpc) is 3.14. The van der Waals surface area contributed by atoms with Gasteiger partial charge in [0.2, 0.25) is 25.0 Å². The second kappa shape index (κ2) is 29.4. The van der Waals surface area contributed by atoms with Gasteiger partial charge >= 0.3 is 5.97 Å². The van der Waals surface area contributed by atoms with E-state index in [1.807, 2.05) is 6.92 Å². The first-order valence-electron chi connectivity index (χ1n) is 18.9. The van der Waals surface area contributed by atoms with Gasteiger partial charge in [0.25, 0.3) is 0 Å². The van der Waals surface area contributed by atoms with Crippen LogP contribution in [0.5, 0.6) is 5.75 Å². The molecule has 0 spiro atoms. The number of unbranched alkanes of at least 4 members (excludes halogenated alkanes) is 3. The fraction of sp³-hybridized carbons (Fsp3) is 0.711. The van der Waals surface area contributed by atoms with E-state index in [-0.39, 0.29) is 43.0 Å². The molecule has 1 aliphatic heterocycles. The number of primary amides is 1. The molecule has 0 radical (unpaired) electrons. The summed E-state index contributed by atoms with van der Waals surface area (Å²) in [6.07, 6.45) is -2.23. The molecule has 1 heterocycles. The largest absolute Gasteiger partial charge is 0.479 e. The minimum absolute atomic E-state index is 0.0138. The van der Waals surface area contributed by atoms with Crippen molar-refractivity contribution in [1.82, 2.24) is 16.0 Å². The first-order valence-corrected chi connectivity index (χ1v) is 18.9.